The lowest BCUT2D eigenvalue weighted by atomic mass is 9.66. The average molecular weight is 938 g/mol. The Morgan fingerprint density at radius 2 is 0.923 bits per heavy atom. The molecule has 0 aromatic carbocycles. The lowest BCUT2D eigenvalue weighted by Crippen LogP contribution is -2.32. The van der Waals surface area contributed by atoms with Gasteiger partial charge in [-0.25, -0.2) is 9.97 Å². The van der Waals surface area contributed by atoms with E-state index < -0.39 is 0 Å². The fourth-order valence-electron chi connectivity index (χ4n) is 8.57. The van der Waals surface area contributed by atoms with E-state index in [9.17, 15) is 0 Å². The molecule has 0 bridgehead atoms. The van der Waals surface area contributed by atoms with Gasteiger partial charge in [0.2, 0.25) is 0 Å². The van der Waals surface area contributed by atoms with Gasteiger partial charge >= 0.3 is 0 Å². The van der Waals surface area contributed by atoms with Crippen LogP contribution < -0.4 is 0 Å². The van der Waals surface area contributed by atoms with E-state index in [1.165, 1.54) is 51.5 Å². The number of nitrogens with zero attached hydrogens (tertiary/aromatic N) is 3. The van der Waals surface area contributed by atoms with Crippen molar-refractivity contribution >= 4 is 22.7 Å². The molecule has 4 aromatic heterocycles. The van der Waals surface area contributed by atoms with Gasteiger partial charge in [-0.1, -0.05) is 214 Å². The van der Waals surface area contributed by atoms with E-state index in [1.54, 1.807) is 17.7 Å². The molecule has 1 aliphatic rings. The molecular weight excluding hydrogens is 833 g/mol. The third-order valence-electron chi connectivity index (χ3n) is 12.0. The second-order valence-electron chi connectivity index (χ2n) is 29.3. The van der Waals surface area contributed by atoms with E-state index in [4.69, 9.17) is 4.42 Å². The zero-order valence-electron chi connectivity index (χ0n) is 48.2. The third-order valence-corrected chi connectivity index (χ3v) is 14.6. The van der Waals surface area contributed by atoms with Crippen molar-refractivity contribution in [2.24, 2.45) is 22.7 Å². The van der Waals surface area contributed by atoms with E-state index in [-0.39, 0.29) is 43.3 Å². The zero-order valence-corrected chi connectivity index (χ0v) is 49.9. The highest BCUT2D eigenvalue weighted by molar-refractivity contribution is 7.10. The van der Waals surface area contributed by atoms with Crippen LogP contribution in [0.2, 0.25) is 0 Å². The van der Waals surface area contributed by atoms with E-state index in [0.29, 0.717) is 10.8 Å². The third kappa shape index (κ3) is 19.0. The monoisotopic (exact) mass is 937 g/mol. The molecule has 0 spiro atoms. The van der Waals surface area contributed by atoms with Crippen molar-refractivity contribution in [1.29, 1.82) is 0 Å². The summed E-state index contributed by atoms with van der Waals surface area (Å²) in [6.45, 7) is 67.7. The Balaban J connectivity index is 0.000000406. The van der Waals surface area contributed by atoms with E-state index >= 15 is 0 Å². The first-order valence-corrected chi connectivity index (χ1v) is 26.4. The number of thiazole rings is 1. The molecule has 0 saturated heterocycles. The molecule has 4 aromatic rings. The summed E-state index contributed by atoms with van der Waals surface area (Å²) in [4.78, 5) is 11.7. The number of rotatable bonds is 0. The van der Waals surface area contributed by atoms with Gasteiger partial charge in [-0.2, -0.15) is 5.10 Å². The number of H-pyrrole nitrogens is 1. The highest BCUT2D eigenvalue weighted by Crippen LogP contribution is 2.50. The van der Waals surface area contributed by atoms with Crippen LogP contribution in [-0.2, 0) is 43.3 Å². The van der Waals surface area contributed by atoms with Crippen molar-refractivity contribution in [3.63, 3.8) is 0 Å². The maximum Gasteiger partial charge on any atom is 0.181 e. The predicted octanol–water partition coefficient (Wildman–Crippen LogP) is 18.9. The summed E-state index contributed by atoms with van der Waals surface area (Å²) in [6.07, 6.45) is 7.84. The van der Waals surface area contributed by atoms with Crippen molar-refractivity contribution in [2.45, 2.75) is 270 Å². The van der Waals surface area contributed by atoms with Crippen molar-refractivity contribution in [3.8, 4) is 0 Å². The van der Waals surface area contributed by atoms with Crippen LogP contribution in [0.4, 0.5) is 0 Å². The van der Waals surface area contributed by atoms with E-state index in [1.807, 2.05) is 23.0 Å². The number of nitrogens with one attached hydrogen (secondary N) is 1. The van der Waals surface area contributed by atoms with Crippen molar-refractivity contribution in [1.82, 2.24) is 20.2 Å². The van der Waals surface area contributed by atoms with Crippen LogP contribution in [0.3, 0.4) is 0 Å². The maximum absolute atomic E-state index is 5.44. The zero-order chi connectivity index (χ0) is 51.4. The molecule has 0 amide bonds. The molecule has 5 rings (SSSR count). The van der Waals surface area contributed by atoms with Crippen LogP contribution in [0.15, 0.2) is 34.0 Å². The van der Waals surface area contributed by atoms with E-state index in [2.05, 4.69) is 239 Å². The Kier molecular flexibility index (Phi) is 20.2. The molecule has 0 radical (unpaired) electrons. The predicted molar refractivity (Wildman–Crippen MR) is 291 cm³/mol. The summed E-state index contributed by atoms with van der Waals surface area (Å²) in [5.41, 5.74) is 10.8. The number of aromatic nitrogens is 4. The lowest BCUT2D eigenvalue weighted by molar-refractivity contribution is 0.0992. The summed E-state index contributed by atoms with van der Waals surface area (Å²) in [6, 6.07) is 2.27. The second-order valence-corrected chi connectivity index (χ2v) is 31.0. The number of oxazole rings is 1. The first-order chi connectivity index (χ1) is 28.6. The highest BCUT2D eigenvalue weighted by atomic mass is 32.1. The summed E-state index contributed by atoms with van der Waals surface area (Å²) in [7, 11) is 0. The van der Waals surface area contributed by atoms with Crippen molar-refractivity contribution in [2.75, 3.05) is 0 Å². The Hall–Kier alpha value is -2.25. The lowest BCUT2D eigenvalue weighted by Gasteiger charge is -2.39. The number of thiophene rings is 1. The number of hydrogen-bond donors (Lipinski definition) is 1. The molecule has 4 heterocycles. The van der Waals surface area contributed by atoms with Gasteiger partial charge in [-0.05, 0) is 79.7 Å². The molecule has 1 N–H and O–H groups in total. The highest BCUT2D eigenvalue weighted by Gasteiger charge is 2.41. The Morgan fingerprint density at radius 3 is 1.22 bits per heavy atom. The summed E-state index contributed by atoms with van der Waals surface area (Å²) in [5, 5.41) is 9.44. The number of aromatic amines is 1. The van der Waals surface area contributed by atoms with Gasteiger partial charge in [0.1, 0.15) is 5.76 Å². The van der Waals surface area contributed by atoms with Gasteiger partial charge in [0.05, 0.1) is 23.1 Å². The molecule has 2 unspecified atom stereocenters. The number of hydrogen-bond acceptors (Lipinski definition) is 6. The summed E-state index contributed by atoms with van der Waals surface area (Å²) < 4.78 is 5.44. The average Bonchev–Trinajstić information content (AvgIpc) is 3.92. The van der Waals surface area contributed by atoms with Crippen LogP contribution >= 0.6 is 22.7 Å². The minimum absolute atomic E-state index is 0.0408. The van der Waals surface area contributed by atoms with Gasteiger partial charge < -0.3 is 4.42 Å². The Bertz CT molecular complexity index is 1600. The van der Waals surface area contributed by atoms with Crippen LogP contribution in [0, 0.1) is 22.7 Å². The van der Waals surface area contributed by atoms with E-state index in [0.717, 1.165) is 23.3 Å². The molecule has 7 heteroatoms. The topological polar surface area (TPSA) is 67.6 Å². The first-order valence-electron chi connectivity index (χ1n) is 24.7. The van der Waals surface area contributed by atoms with Gasteiger partial charge in [0, 0.05) is 37.1 Å². The van der Waals surface area contributed by atoms with Crippen LogP contribution in [0.1, 0.15) is 271 Å². The van der Waals surface area contributed by atoms with Gasteiger partial charge in [0.15, 0.2) is 6.39 Å². The maximum atomic E-state index is 5.44. The molecule has 0 aliphatic heterocycles. The van der Waals surface area contributed by atoms with Crippen LogP contribution in [-0.4, -0.2) is 20.2 Å². The van der Waals surface area contributed by atoms with Crippen LogP contribution in [0.5, 0.6) is 0 Å². The smallest absolute Gasteiger partial charge is 0.181 e. The minimum atomic E-state index is 0.0408. The largest absolute Gasteiger partial charge is 0.448 e. The molecule has 374 valence electrons. The van der Waals surface area contributed by atoms with Crippen LogP contribution in [0.25, 0.3) is 0 Å². The molecule has 2 atom stereocenters. The Labute approximate surface area is 411 Å². The first kappa shape index (κ1) is 60.8. The Morgan fingerprint density at radius 1 is 0.477 bits per heavy atom. The van der Waals surface area contributed by atoms with Gasteiger partial charge in [0.25, 0.3) is 0 Å². The normalized spacial score (nSPS) is 16.9. The molecule has 1 saturated carbocycles. The SMILES string of the molecule is CC(C)(C)C1CCCC1C(C)(C)C.CC(C)(C)c1ccsc1C(C)(C)C.CC(C)(C)c1cn[nH]c1C(C)(C)C.CC(C)(C)c1ncoc1C(C)(C)C.CC(C)(C)c1ncsc1C(C)(C)C. The molecule has 5 nitrogen and oxygen atoms in total. The van der Waals surface area contributed by atoms with Gasteiger partial charge in [-0.15, -0.1) is 22.7 Å². The van der Waals surface area contributed by atoms with Crippen molar-refractivity contribution in [3.05, 3.63) is 73.3 Å². The summed E-state index contributed by atoms with van der Waals surface area (Å²) >= 11 is 3.66. The molecular formula is C58H104N4OS2. The minimum Gasteiger partial charge on any atom is -0.448 e. The fourth-order valence-corrected chi connectivity index (χ4v) is 10.8. The second kappa shape index (κ2) is 21.6. The van der Waals surface area contributed by atoms with Crippen molar-refractivity contribution < 1.29 is 4.42 Å². The fraction of sp³-hybridized carbons (Fsp3) is 0.776. The molecule has 1 aliphatic carbocycles. The standard InChI is InChI=1S/C13H26.C12H20S.C11H20N2.C11H19NO.C11H19NS/c1-12(2,3)10-8-7-9-11(10)13(4,5)6;1-11(2,3)9-7-8-13-10(9)12(4,5)6;1-10(2,3)8-7-12-13-9(8)11(4,5)6;2*1-10(2,3)8-9(11(4,5)6)13-7-12-8/h10-11H,7-9H2,1-6H3;7-8H,1-6H3;7H,1-6H3,(H,12,13);2*7H,1-6H3. The quantitative estimate of drug-likeness (QED) is 0.191. The van der Waals surface area contributed by atoms with Gasteiger partial charge in [-0.3, -0.25) is 5.10 Å². The molecule has 1 fully saturated rings. The summed E-state index contributed by atoms with van der Waals surface area (Å²) in [5.74, 6) is 2.88. The molecule has 65 heavy (non-hydrogen) atoms.